The third-order valence-corrected chi connectivity index (χ3v) is 4.99. The van der Waals surface area contributed by atoms with Crippen molar-refractivity contribution in [1.82, 2.24) is 15.4 Å². The monoisotopic (exact) mass is 444 g/mol. The Labute approximate surface area is 178 Å². The predicted octanol–water partition coefficient (Wildman–Crippen LogP) is 4.95. The summed E-state index contributed by atoms with van der Waals surface area (Å²) >= 11 is 0. The van der Waals surface area contributed by atoms with Gasteiger partial charge in [-0.05, 0) is 12.1 Å². The van der Waals surface area contributed by atoms with Gasteiger partial charge in [0.25, 0.3) is 0 Å². The molecule has 3 aromatic rings. The van der Waals surface area contributed by atoms with Gasteiger partial charge in [-0.25, -0.2) is 22.0 Å². The second kappa shape index (κ2) is 7.63. The van der Waals surface area contributed by atoms with Crippen LogP contribution < -0.4 is 5.32 Å². The maximum Gasteiger partial charge on any atom is 0.166 e. The molecule has 0 saturated carbocycles. The van der Waals surface area contributed by atoms with Gasteiger partial charge in [-0.15, -0.1) is 0 Å². The average molecular weight is 444 g/mol. The molecule has 5 rings (SSSR count). The second-order valence-corrected chi connectivity index (χ2v) is 7.16. The standard InChI is InChI=1S/C22H13F5N4O/c23-11-6-15(25)20(16(26)7-11)18-8-12(32-30-18)9-31-5-4-17-19(10-31)29-22(28-17)13-2-1-3-14(24)21(13)27/h1-8,10,22,29H,9H2. The summed E-state index contributed by atoms with van der Waals surface area (Å²) in [6.07, 6.45) is 4.25. The Bertz CT molecular complexity index is 1290. The molecule has 0 bridgehead atoms. The van der Waals surface area contributed by atoms with E-state index in [1.165, 1.54) is 18.2 Å². The van der Waals surface area contributed by atoms with Gasteiger partial charge in [0, 0.05) is 36.2 Å². The van der Waals surface area contributed by atoms with Crippen LogP contribution in [-0.4, -0.2) is 15.8 Å². The van der Waals surface area contributed by atoms with Crippen molar-refractivity contribution >= 4 is 5.71 Å². The molecule has 0 fully saturated rings. The fourth-order valence-corrected chi connectivity index (χ4v) is 3.52. The van der Waals surface area contributed by atoms with E-state index < -0.39 is 40.8 Å². The van der Waals surface area contributed by atoms with Crippen molar-refractivity contribution in [3.63, 3.8) is 0 Å². The molecule has 5 nitrogen and oxygen atoms in total. The van der Waals surface area contributed by atoms with E-state index in [1.54, 1.807) is 23.4 Å². The summed E-state index contributed by atoms with van der Waals surface area (Å²) in [5, 5.41) is 6.70. The van der Waals surface area contributed by atoms with E-state index in [-0.39, 0.29) is 23.6 Å². The molecule has 2 aromatic carbocycles. The lowest BCUT2D eigenvalue weighted by Gasteiger charge is -2.19. The summed E-state index contributed by atoms with van der Waals surface area (Å²) in [4.78, 5) is 6.05. The van der Waals surface area contributed by atoms with Crippen molar-refractivity contribution < 1.29 is 26.5 Å². The number of hydrogen-bond donors (Lipinski definition) is 1. The van der Waals surface area contributed by atoms with Gasteiger partial charge >= 0.3 is 0 Å². The number of halogens is 5. The van der Waals surface area contributed by atoms with E-state index in [0.29, 0.717) is 23.5 Å². The molecule has 162 valence electrons. The molecule has 0 saturated heterocycles. The molecule has 2 aliphatic heterocycles. The molecule has 0 radical (unpaired) electrons. The number of rotatable bonds is 4. The minimum atomic E-state index is -1.09. The number of nitrogens with zero attached hydrogens (tertiary/aromatic N) is 3. The van der Waals surface area contributed by atoms with Crippen LogP contribution in [0.1, 0.15) is 17.5 Å². The van der Waals surface area contributed by atoms with Crippen LogP contribution in [-0.2, 0) is 6.54 Å². The molecule has 2 aliphatic rings. The van der Waals surface area contributed by atoms with E-state index in [4.69, 9.17) is 4.52 Å². The molecule has 1 N–H and O–H groups in total. The van der Waals surface area contributed by atoms with Gasteiger partial charge < -0.3 is 14.7 Å². The molecule has 0 aliphatic carbocycles. The Kier molecular flexibility index (Phi) is 4.76. The zero-order chi connectivity index (χ0) is 22.4. The van der Waals surface area contributed by atoms with Crippen molar-refractivity contribution in [3.05, 3.63) is 101 Å². The first-order chi connectivity index (χ1) is 15.4. The van der Waals surface area contributed by atoms with Crippen molar-refractivity contribution in [2.24, 2.45) is 4.99 Å². The van der Waals surface area contributed by atoms with E-state index in [1.807, 2.05) is 0 Å². The van der Waals surface area contributed by atoms with Crippen LogP contribution >= 0.6 is 0 Å². The molecule has 0 spiro atoms. The molecule has 1 aromatic heterocycles. The first-order valence-electron chi connectivity index (χ1n) is 9.44. The van der Waals surface area contributed by atoms with Gasteiger partial charge in [0.05, 0.1) is 23.5 Å². The van der Waals surface area contributed by atoms with E-state index >= 15 is 0 Å². The molecule has 0 amide bonds. The zero-order valence-corrected chi connectivity index (χ0v) is 16.1. The number of allylic oxidation sites excluding steroid dienone is 1. The Balaban J connectivity index is 1.33. The van der Waals surface area contributed by atoms with Crippen LogP contribution in [0.2, 0.25) is 0 Å². The van der Waals surface area contributed by atoms with Crippen LogP contribution in [0.3, 0.4) is 0 Å². The summed E-state index contributed by atoms with van der Waals surface area (Å²) in [6, 6.07) is 6.36. The molecule has 10 heteroatoms. The molecule has 3 heterocycles. The highest BCUT2D eigenvalue weighted by Crippen LogP contribution is 2.30. The highest BCUT2D eigenvalue weighted by atomic mass is 19.2. The highest BCUT2D eigenvalue weighted by Gasteiger charge is 2.27. The van der Waals surface area contributed by atoms with Gasteiger partial charge in [-0.1, -0.05) is 17.3 Å². The van der Waals surface area contributed by atoms with Crippen molar-refractivity contribution in [2.75, 3.05) is 0 Å². The number of fused-ring (bicyclic) bond motifs is 1. The summed E-state index contributed by atoms with van der Waals surface area (Å²) < 4.78 is 73.9. The Morgan fingerprint density at radius 2 is 1.78 bits per heavy atom. The minimum absolute atomic E-state index is 0.0796. The Morgan fingerprint density at radius 1 is 1.00 bits per heavy atom. The number of nitrogens with one attached hydrogen (secondary N) is 1. The van der Waals surface area contributed by atoms with Crippen LogP contribution in [0.25, 0.3) is 11.3 Å². The average Bonchev–Trinajstić information content (AvgIpc) is 3.36. The first kappa shape index (κ1) is 20.0. The number of aromatic nitrogens is 1. The fourth-order valence-electron chi connectivity index (χ4n) is 3.52. The number of aliphatic imine (C=N–C) groups is 1. The van der Waals surface area contributed by atoms with E-state index in [2.05, 4.69) is 15.5 Å². The molecular formula is C22H13F5N4O. The minimum Gasteiger partial charge on any atom is -0.359 e. The highest BCUT2D eigenvalue weighted by molar-refractivity contribution is 6.10. The van der Waals surface area contributed by atoms with Crippen molar-refractivity contribution in [1.29, 1.82) is 0 Å². The molecule has 32 heavy (non-hydrogen) atoms. The van der Waals surface area contributed by atoms with E-state index in [9.17, 15) is 22.0 Å². The van der Waals surface area contributed by atoms with Crippen LogP contribution in [0.5, 0.6) is 0 Å². The van der Waals surface area contributed by atoms with Crippen LogP contribution in [0.4, 0.5) is 22.0 Å². The summed E-state index contributed by atoms with van der Waals surface area (Å²) in [5.74, 6) is -4.85. The normalized spacial score (nSPS) is 17.2. The molecular weight excluding hydrogens is 431 g/mol. The predicted molar refractivity (Wildman–Crippen MR) is 104 cm³/mol. The molecule has 1 unspecified atom stereocenters. The smallest absolute Gasteiger partial charge is 0.166 e. The van der Waals surface area contributed by atoms with Crippen LogP contribution in [0.15, 0.2) is 70.1 Å². The topological polar surface area (TPSA) is 53.7 Å². The van der Waals surface area contributed by atoms with E-state index in [0.717, 1.165) is 6.07 Å². The molecule has 1 atom stereocenters. The lowest BCUT2D eigenvalue weighted by Crippen LogP contribution is -2.22. The lowest BCUT2D eigenvalue weighted by atomic mass is 10.1. The summed E-state index contributed by atoms with van der Waals surface area (Å²) in [7, 11) is 0. The lowest BCUT2D eigenvalue weighted by molar-refractivity contribution is 0.340. The van der Waals surface area contributed by atoms with Gasteiger partial charge in [-0.3, -0.25) is 4.99 Å². The SMILES string of the molecule is Fc1cc(F)c(-c2cc(CN3C=CC4=NC(c5cccc(F)c5F)NC4=C3)on2)c(F)c1. The third kappa shape index (κ3) is 3.53. The van der Waals surface area contributed by atoms with Crippen molar-refractivity contribution in [3.8, 4) is 11.3 Å². The number of benzene rings is 2. The number of hydrogen-bond acceptors (Lipinski definition) is 5. The van der Waals surface area contributed by atoms with Crippen molar-refractivity contribution in [2.45, 2.75) is 12.7 Å². The van der Waals surface area contributed by atoms with Crippen LogP contribution in [0, 0.1) is 29.1 Å². The summed E-state index contributed by atoms with van der Waals surface area (Å²) in [5.41, 5.74) is 0.628. The third-order valence-electron chi connectivity index (χ3n) is 4.99. The maximum absolute atomic E-state index is 14.1. The fraction of sp³-hybridized carbons (Fsp3) is 0.0909. The second-order valence-electron chi connectivity index (χ2n) is 7.16. The quantitative estimate of drug-likeness (QED) is 0.579. The Morgan fingerprint density at radius 3 is 2.56 bits per heavy atom. The van der Waals surface area contributed by atoms with Gasteiger partial charge in [0.1, 0.15) is 29.3 Å². The first-order valence-corrected chi connectivity index (χ1v) is 9.44. The largest absolute Gasteiger partial charge is 0.359 e. The Hall–Kier alpha value is -3.95. The van der Waals surface area contributed by atoms with Gasteiger partial charge in [0.15, 0.2) is 17.4 Å². The summed E-state index contributed by atoms with van der Waals surface area (Å²) in [6.45, 7) is 0.158. The maximum atomic E-state index is 14.1. The zero-order valence-electron chi connectivity index (χ0n) is 16.1. The van der Waals surface area contributed by atoms with Gasteiger partial charge in [0.2, 0.25) is 0 Å². The van der Waals surface area contributed by atoms with Gasteiger partial charge in [-0.2, -0.15) is 0 Å².